The van der Waals surface area contributed by atoms with Crippen molar-refractivity contribution in [3.05, 3.63) is 59.2 Å². The molecule has 0 radical (unpaired) electrons. The number of hydrogen-bond acceptors (Lipinski definition) is 5. The molecule has 0 fully saturated rings. The molecule has 0 saturated heterocycles. The zero-order valence-electron chi connectivity index (χ0n) is 14.2. The van der Waals surface area contributed by atoms with Crippen LogP contribution < -0.4 is 15.8 Å². The van der Waals surface area contributed by atoms with Gasteiger partial charge in [-0.2, -0.15) is 0 Å². The highest BCUT2D eigenvalue weighted by molar-refractivity contribution is 5.45. The first-order valence-electron chi connectivity index (χ1n) is 8.06. The monoisotopic (exact) mass is 330 g/mol. The summed E-state index contributed by atoms with van der Waals surface area (Å²) in [5, 5.41) is 22.9. The molecule has 5 heteroatoms. The maximum Gasteiger partial charge on any atom is 0.118 e. The summed E-state index contributed by atoms with van der Waals surface area (Å²) in [6, 6.07) is 13.4. The first-order valence-corrected chi connectivity index (χ1v) is 8.06. The maximum atomic E-state index is 10.3. The van der Waals surface area contributed by atoms with Crippen LogP contribution >= 0.6 is 0 Å². The largest absolute Gasteiger partial charge is 0.497 e. The van der Waals surface area contributed by atoms with E-state index in [0.29, 0.717) is 23.4 Å². The lowest BCUT2D eigenvalue weighted by Gasteiger charge is -2.18. The van der Waals surface area contributed by atoms with Crippen LogP contribution in [0.25, 0.3) is 0 Å². The molecule has 0 aliphatic rings. The van der Waals surface area contributed by atoms with Crippen molar-refractivity contribution in [2.75, 3.05) is 19.4 Å². The molecule has 0 amide bonds. The minimum atomic E-state index is -0.669. The highest BCUT2D eigenvalue weighted by Crippen LogP contribution is 2.19. The van der Waals surface area contributed by atoms with E-state index in [1.807, 2.05) is 24.3 Å². The molecule has 130 valence electrons. The third kappa shape index (κ3) is 5.23. The van der Waals surface area contributed by atoms with Crippen molar-refractivity contribution in [2.45, 2.75) is 32.1 Å². The molecule has 0 saturated carbocycles. The van der Waals surface area contributed by atoms with Gasteiger partial charge in [0.2, 0.25) is 0 Å². The first kappa shape index (κ1) is 18.3. The van der Waals surface area contributed by atoms with Crippen molar-refractivity contribution in [3.63, 3.8) is 0 Å². The van der Waals surface area contributed by atoms with Crippen LogP contribution in [0.5, 0.6) is 5.75 Å². The second-order valence-corrected chi connectivity index (χ2v) is 6.04. The summed E-state index contributed by atoms with van der Waals surface area (Å²) in [7, 11) is 1.65. The lowest BCUT2D eigenvalue weighted by Crippen LogP contribution is -2.32. The van der Waals surface area contributed by atoms with Crippen LogP contribution in [0.2, 0.25) is 0 Å². The Labute approximate surface area is 143 Å². The second-order valence-electron chi connectivity index (χ2n) is 6.04. The number of methoxy groups -OCH3 is 1. The quantitative estimate of drug-likeness (QED) is 0.556. The van der Waals surface area contributed by atoms with Gasteiger partial charge < -0.3 is 26.0 Å². The number of ether oxygens (including phenoxy) is 1. The molecular formula is C19H26N2O3. The molecule has 0 aliphatic heterocycles. The van der Waals surface area contributed by atoms with Crippen molar-refractivity contribution >= 4 is 5.69 Å². The van der Waals surface area contributed by atoms with E-state index in [1.165, 1.54) is 5.56 Å². The van der Waals surface area contributed by atoms with E-state index in [0.717, 1.165) is 12.2 Å². The van der Waals surface area contributed by atoms with Gasteiger partial charge in [0, 0.05) is 18.3 Å². The number of rotatable bonds is 8. The Morgan fingerprint density at radius 3 is 2.46 bits per heavy atom. The summed E-state index contributed by atoms with van der Waals surface area (Å²) >= 11 is 0. The molecule has 2 aromatic carbocycles. The zero-order chi connectivity index (χ0) is 17.5. The van der Waals surface area contributed by atoms with Gasteiger partial charge in [0.15, 0.2) is 0 Å². The lowest BCUT2D eigenvalue weighted by atomic mass is 10.0. The number of aliphatic hydroxyl groups excluding tert-OH is 2. The van der Waals surface area contributed by atoms with Crippen molar-refractivity contribution in [2.24, 2.45) is 0 Å². The molecule has 0 aliphatic carbocycles. The maximum absolute atomic E-state index is 10.3. The first-order chi connectivity index (χ1) is 11.5. The molecular weight excluding hydrogens is 304 g/mol. The van der Waals surface area contributed by atoms with Crippen LogP contribution in [-0.4, -0.2) is 29.9 Å². The molecule has 2 rings (SSSR count). The third-order valence-electron chi connectivity index (χ3n) is 3.97. The van der Waals surface area contributed by atoms with Gasteiger partial charge in [-0.1, -0.05) is 18.2 Å². The number of hydrogen-bond donors (Lipinski definition) is 4. The van der Waals surface area contributed by atoms with Crippen LogP contribution in [-0.2, 0) is 13.0 Å². The Balaban J connectivity index is 1.88. The summed E-state index contributed by atoms with van der Waals surface area (Å²) in [4.78, 5) is 0. The van der Waals surface area contributed by atoms with Gasteiger partial charge in [-0.3, -0.25) is 0 Å². The van der Waals surface area contributed by atoms with E-state index in [1.54, 1.807) is 25.3 Å². The molecule has 2 atom stereocenters. The van der Waals surface area contributed by atoms with Crippen LogP contribution in [0.4, 0.5) is 5.69 Å². The Hall–Kier alpha value is -2.08. The van der Waals surface area contributed by atoms with Gasteiger partial charge >= 0.3 is 0 Å². The van der Waals surface area contributed by atoms with E-state index in [9.17, 15) is 10.2 Å². The van der Waals surface area contributed by atoms with Gasteiger partial charge in [0.1, 0.15) is 5.75 Å². The molecule has 0 spiro atoms. The van der Waals surface area contributed by atoms with Crippen LogP contribution in [0.1, 0.15) is 29.7 Å². The summed E-state index contributed by atoms with van der Waals surface area (Å²) in [6.07, 6.45) is 0.187. The highest BCUT2D eigenvalue weighted by Gasteiger charge is 2.11. The van der Waals surface area contributed by atoms with Crippen LogP contribution in [0, 0.1) is 0 Å². The third-order valence-corrected chi connectivity index (χ3v) is 3.97. The summed E-state index contributed by atoms with van der Waals surface area (Å²) in [5.74, 6) is 0.844. The predicted octanol–water partition coefficient (Wildman–Crippen LogP) is 2.02. The topological polar surface area (TPSA) is 87.7 Å². The average Bonchev–Trinajstić information content (AvgIpc) is 2.59. The fourth-order valence-electron chi connectivity index (χ4n) is 2.65. The van der Waals surface area contributed by atoms with Gasteiger partial charge in [-0.15, -0.1) is 0 Å². The van der Waals surface area contributed by atoms with Gasteiger partial charge in [0.05, 0.1) is 19.8 Å². The molecule has 2 aromatic rings. The molecule has 0 aromatic heterocycles. The fraction of sp³-hybridized carbons (Fsp3) is 0.368. The van der Waals surface area contributed by atoms with Crippen molar-refractivity contribution in [1.29, 1.82) is 0 Å². The Morgan fingerprint density at radius 1 is 1.12 bits per heavy atom. The van der Waals surface area contributed by atoms with Crippen molar-refractivity contribution < 1.29 is 14.9 Å². The highest BCUT2D eigenvalue weighted by atomic mass is 16.5. The molecule has 24 heavy (non-hydrogen) atoms. The van der Waals surface area contributed by atoms with E-state index in [4.69, 9.17) is 10.5 Å². The van der Waals surface area contributed by atoms with E-state index in [-0.39, 0.29) is 12.6 Å². The number of anilines is 1. The van der Waals surface area contributed by atoms with E-state index in [2.05, 4.69) is 12.2 Å². The lowest BCUT2D eigenvalue weighted by molar-refractivity contribution is 0.170. The SMILES string of the molecule is COc1ccc(C[C@@H](C)NC[C@H](O)c2cc(N)cc(CO)c2)cc1. The molecule has 0 bridgehead atoms. The average molecular weight is 330 g/mol. The van der Waals surface area contributed by atoms with E-state index >= 15 is 0 Å². The number of aliphatic hydroxyl groups is 2. The Morgan fingerprint density at radius 2 is 1.83 bits per heavy atom. The number of benzene rings is 2. The Bertz CT molecular complexity index is 644. The normalized spacial score (nSPS) is 13.5. The Kier molecular flexibility index (Phi) is 6.61. The number of nitrogens with one attached hydrogen (secondary N) is 1. The second kappa shape index (κ2) is 8.68. The van der Waals surface area contributed by atoms with Gasteiger partial charge in [-0.25, -0.2) is 0 Å². The fourth-order valence-corrected chi connectivity index (χ4v) is 2.65. The minimum Gasteiger partial charge on any atom is -0.497 e. The van der Waals surface area contributed by atoms with Crippen molar-refractivity contribution in [3.8, 4) is 5.75 Å². The van der Waals surface area contributed by atoms with Crippen molar-refractivity contribution in [1.82, 2.24) is 5.32 Å². The molecule has 0 heterocycles. The molecule has 5 N–H and O–H groups in total. The standard InChI is InChI=1S/C19H26N2O3/c1-13(7-14-3-5-18(24-2)6-4-14)21-11-19(23)16-8-15(12-22)9-17(20)10-16/h3-6,8-10,13,19,21-23H,7,11-12,20H2,1-2H3/t13-,19+/m1/s1. The van der Waals surface area contributed by atoms with Crippen LogP contribution in [0.3, 0.4) is 0 Å². The number of nitrogens with two attached hydrogens (primary N) is 1. The van der Waals surface area contributed by atoms with Gasteiger partial charge in [-0.05, 0) is 54.3 Å². The summed E-state index contributed by atoms with van der Waals surface area (Å²) in [5.41, 5.74) is 8.97. The molecule has 5 nitrogen and oxygen atoms in total. The summed E-state index contributed by atoms with van der Waals surface area (Å²) in [6.45, 7) is 2.41. The van der Waals surface area contributed by atoms with Gasteiger partial charge in [0.25, 0.3) is 0 Å². The zero-order valence-corrected chi connectivity index (χ0v) is 14.2. The minimum absolute atomic E-state index is 0.0912. The predicted molar refractivity (Wildman–Crippen MR) is 95.9 cm³/mol. The number of nitrogen functional groups attached to an aromatic ring is 1. The van der Waals surface area contributed by atoms with Crippen LogP contribution in [0.15, 0.2) is 42.5 Å². The molecule has 0 unspecified atom stereocenters. The smallest absolute Gasteiger partial charge is 0.118 e. The van der Waals surface area contributed by atoms with E-state index < -0.39 is 6.10 Å². The summed E-state index contributed by atoms with van der Waals surface area (Å²) < 4.78 is 5.15.